The predicted molar refractivity (Wildman–Crippen MR) is 62.1 cm³/mol. The van der Waals surface area contributed by atoms with Crippen LogP contribution in [0.3, 0.4) is 0 Å². The minimum absolute atomic E-state index is 0.274. The Morgan fingerprint density at radius 2 is 2.06 bits per heavy atom. The van der Waals surface area contributed by atoms with Crippen LogP contribution >= 0.6 is 0 Å². The van der Waals surface area contributed by atoms with E-state index in [0.29, 0.717) is 5.57 Å². The van der Waals surface area contributed by atoms with Crippen molar-refractivity contribution in [3.8, 4) is 0 Å². The first kappa shape index (κ1) is 13.2. The highest BCUT2D eigenvalue weighted by Crippen LogP contribution is 2.20. The van der Waals surface area contributed by atoms with Crippen LogP contribution in [-0.4, -0.2) is 48.3 Å². The van der Waals surface area contributed by atoms with Gasteiger partial charge in [-0.15, -0.1) is 0 Å². The molecule has 16 heavy (non-hydrogen) atoms. The van der Waals surface area contributed by atoms with E-state index in [9.17, 15) is 9.90 Å². The lowest BCUT2D eigenvalue weighted by Gasteiger charge is -2.35. The largest absolute Gasteiger partial charge is 0.466 e. The molecular weight excluding hydrogens is 206 g/mol. The number of methoxy groups -OCH3 is 1. The summed E-state index contributed by atoms with van der Waals surface area (Å²) >= 11 is 0. The predicted octanol–water partition coefficient (Wildman–Crippen LogP) is 0.952. The fourth-order valence-corrected chi connectivity index (χ4v) is 1.73. The third kappa shape index (κ3) is 3.94. The van der Waals surface area contributed by atoms with E-state index >= 15 is 0 Å². The number of ether oxygens (including phenoxy) is 1. The average Bonchev–Trinajstić information content (AvgIpc) is 2.26. The van der Waals surface area contributed by atoms with Crippen LogP contribution in [0.1, 0.15) is 26.7 Å². The van der Waals surface area contributed by atoms with Crippen molar-refractivity contribution < 1.29 is 14.6 Å². The quantitative estimate of drug-likeness (QED) is 0.576. The number of rotatable bonds is 3. The summed E-state index contributed by atoms with van der Waals surface area (Å²) in [6, 6.07) is 0. The van der Waals surface area contributed by atoms with E-state index in [2.05, 4.69) is 9.64 Å². The summed E-state index contributed by atoms with van der Waals surface area (Å²) in [4.78, 5) is 13.4. The number of carbonyl (C=O) groups excluding carboxylic acids is 1. The van der Waals surface area contributed by atoms with Crippen molar-refractivity contribution in [2.45, 2.75) is 32.3 Å². The van der Waals surface area contributed by atoms with Crippen molar-refractivity contribution in [2.24, 2.45) is 0 Å². The van der Waals surface area contributed by atoms with E-state index in [4.69, 9.17) is 0 Å². The molecule has 0 saturated carbocycles. The number of aliphatic hydroxyl groups is 1. The molecule has 4 heteroatoms. The van der Waals surface area contributed by atoms with E-state index in [1.54, 1.807) is 6.92 Å². The molecule has 4 nitrogen and oxygen atoms in total. The third-order valence-corrected chi connectivity index (χ3v) is 3.10. The number of hydrogen-bond donors (Lipinski definition) is 1. The Hall–Kier alpha value is -0.870. The number of piperidine rings is 1. The molecule has 1 N–H and O–H groups in total. The zero-order valence-electron chi connectivity index (χ0n) is 10.3. The summed E-state index contributed by atoms with van der Waals surface area (Å²) in [5.41, 5.74) is 0.122. The average molecular weight is 227 g/mol. The molecule has 0 aromatic heterocycles. The summed E-state index contributed by atoms with van der Waals surface area (Å²) in [6.07, 6.45) is 3.46. The highest BCUT2D eigenvalue weighted by molar-refractivity contribution is 5.87. The Morgan fingerprint density at radius 1 is 1.50 bits per heavy atom. The molecule has 92 valence electrons. The lowest BCUT2D eigenvalue weighted by Crippen LogP contribution is -2.42. The minimum Gasteiger partial charge on any atom is -0.466 e. The van der Waals surface area contributed by atoms with Gasteiger partial charge in [0.05, 0.1) is 12.7 Å². The van der Waals surface area contributed by atoms with Crippen molar-refractivity contribution in [1.29, 1.82) is 0 Å². The molecule has 1 saturated heterocycles. The molecule has 0 unspecified atom stereocenters. The van der Waals surface area contributed by atoms with Gasteiger partial charge in [0.25, 0.3) is 0 Å². The van der Waals surface area contributed by atoms with Gasteiger partial charge in [-0.05, 0) is 26.7 Å². The molecule has 1 aliphatic heterocycles. The number of hydrogen-bond acceptors (Lipinski definition) is 4. The summed E-state index contributed by atoms with van der Waals surface area (Å²) in [5.74, 6) is -0.274. The monoisotopic (exact) mass is 227 g/mol. The minimum atomic E-state index is -0.516. The van der Waals surface area contributed by atoms with Crippen LogP contribution in [0.5, 0.6) is 0 Å². The van der Waals surface area contributed by atoms with Gasteiger partial charge in [0, 0.05) is 25.2 Å². The van der Waals surface area contributed by atoms with E-state index in [1.165, 1.54) is 7.11 Å². The van der Waals surface area contributed by atoms with Crippen molar-refractivity contribution in [3.05, 3.63) is 11.6 Å². The normalized spacial score (nSPS) is 21.9. The lowest BCUT2D eigenvalue weighted by molar-refractivity contribution is -0.136. The van der Waals surface area contributed by atoms with Crippen LogP contribution < -0.4 is 0 Å². The van der Waals surface area contributed by atoms with Crippen LogP contribution in [0.15, 0.2) is 11.6 Å². The number of esters is 1. The van der Waals surface area contributed by atoms with Crippen molar-refractivity contribution in [3.63, 3.8) is 0 Å². The molecule has 1 rings (SSSR count). The summed E-state index contributed by atoms with van der Waals surface area (Å²) in [6.45, 7) is 6.12. The maximum absolute atomic E-state index is 11.1. The Labute approximate surface area is 96.9 Å². The van der Waals surface area contributed by atoms with Gasteiger partial charge < -0.3 is 9.84 Å². The van der Waals surface area contributed by atoms with Gasteiger partial charge in [-0.25, -0.2) is 4.79 Å². The SMILES string of the molecule is COC(=O)C(C)=CCN1CCC(C)(O)CC1. The molecule has 1 aliphatic rings. The third-order valence-electron chi connectivity index (χ3n) is 3.10. The molecule has 0 amide bonds. The van der Waals surface area contributed by atoms with Crippen LogP contribution in [0.4, 0.5) is 0 Å². The molecular formula is C12H21NO3. The Balaban J connectivity index is 2.37. The number of carbonyl (C=O) groups is 1. The molecule has 0 atom stereocenters. The van der Waals surface area contributed by atoms with Crippen molar-refractivity contribution in [2.75, 3.05) is 26.7 Å². The van der Waals surface area contributed by atoms with Gasteiger partial charge in [0.15, 0.2) is 0 Å². The van der Waals surface area contributed by atoms with E-state index in [1.807, 2.05) is 13.0 Å². The van der Waals surface area contributed by atoms with E-state index in [0.717, 1.165) is 32.5 Å². The highest BCUT2D eigenvalue weighted by atomic mass is 16.5. The molecule has 1 heterocycles. The molecule has 0 bridgehead atoms. The van der Waals surface area contributed by atoms with Crippen LogP contribution in [0.25, 0.3) is 0 Å². The fraction of sp³-hybridized carbons (Fsp3) is 0.750. The topological polar surface area (TPSA) is 49.8 Å². The summed E-state index contributed by atoms with van der Waals surface area (Å²) in [7, 11) is 1.39. The maximum Gasteiger partial charge on any atom is 0.333 e. The maximum atomic E-state index is 11.1. The summed E-state index contributed by atoms with van der Waals surface area (Å²) in [5, 5.41) is 9.78. The van der Waals surface area contributed by atoms with Crippen molar-refractivity contribution in [1.82, 2.24) is 4.90 Å². The van der Waals surface area contributed by atoms with Gasteiger partial charge in [-0.2, -0.15) is 0 Å². The van der Waals surface area contributed by atoms with Crippen LogP contribution in [0, 0.1) is 0 Å². The van der Waals surface area contributed by atoms with E-state index < -0.39 is 5.60 Å². The van der Waals surface area contributed by atoms with Gasteiger partial charge >= 0.3 is 5.97 Å². The standard InChI is InChI=1S/C12H21NO3/c1-10(11(14)16-3)4-7-13-8-5-12(2,15)6-9-13/h4,15H,5-9H2,1-3H3. The number of likely N-dealkylation sites (tertiary alicyclic amines) is 1. The van der Waals surface area contributed by atoms with Gasteiger partial charge in [0.1, 0.15) is 0 Å². The second-order valence-corrected chi connectivity index (χ2v) is 4.68. The Bertz CT molecular complexity index is 274. The molecule has 0 spiro atoms. The lowest BCUT2D eigenvalue weighted by atomic mass is 9.94. The Morgan fingerprint density at radius 3 is 2.56 bits per heavy atom. The first-order chi connectivity index (χ1) is 7.44. The van der Waals surface area contributed by atoms with Crippen molar-refractivity contribution >= 4 is 5.97 Å². The zero-order valence-corrected chi connectivity index (χ0v) is 10.3. The first-order valence-corrected chi connectivity index (χ1v) is 5.64. The van der Waals surface area contributed by atoms with Gasteiger partial charge in [-0.1, -0.05) is 6.08 Å². The molecule has 0 aliphatic carbocycles. The Kier molecular flexibility index (Phi) is 4.50. The molecule has 0 radical (unpaired) electrons. The molecule has 0 aromatic carbocycles. The second kappa shape index (κ2) is 5.46. The fourth-order valence-electron chi connectivity index (χ4n) is 1.73. The van der Waals surface area contributed by atoms with Gasteiger partial charge in [0.2, 0.25) is 0 Å². The van der Waals surface area contributed by atoms with Crippen LogP contribution in [0.2, 0.25) is 0 Å². The summed E-state index contributed by atoms with van der Waals surface area (Å²) < 4.78 is 4.62. The molecule has 1 fully saturated rings. The number of nitrogens with zero attached hydrogens (tertiary/aromatic N) is 1. The first-order valence-electron chi connectivity index (χ1n) is 5.64. The molecule has 0 aromatic rings. The van der Waals surface area contributed by atoms with Gasteiger partial charge in [-0.3, -0.25) is 4.90 Å². The van der Waals surface area contributed by atoms with Crippen LogP contribution in [-0.2, 0) is 9.53 Å². The highest BCUT2D eigenvalue weighted by Gasteiger charge is 2.26. The smallest absolute Gasteiger partial charge is 0.333 e. The zero-order chi connectivity index (χ0) is 12.2. The van der Waals surface area contributed by atoms with E-state index in [-0.39, 0.29) is 5.97 Å². The second-order valence-electron chi connectivity index (χ2n) is 4.68.